The maximum atomic E-state index is 12.5. The minimum atomic E-state index is -0.629. The summed E-state index contributed by atoms with van der Waals surface area (Å²) >= 11 is 0. The molecule has 4 aliphatic rings. The Morgan fingerprint density at radius 3 is 2.44 bits per heavy atom. The molecule has 8 atom stereocenters. The zero-order chi connectivity index (χ0) is 29.6. The van der Waals surface area contributed by atoms with Gasteiger partial charge in [0.1, 0.15) is 17.5 Å². The fourth-order valence-corrected chi connectivity index (χ4v) is 9.90. The lowest BCUT2D eigenvalue weighted by molar-refractivity contribution is -0.205. The lowest BCUT2D eigenvalue weighted by Gasteiger charge is -2.59. The van der Waals surface area contributed by atoms with Crippen LogP contribution < -0.4 is 0 Å². The van der Waals surface area contributed by atoms with Crippen LogP contribution in [0.4, 0.5) is 0 Å². The number of esters is 1. The molecule has 1 N–H and O–H groups in total. The van der Waals surface area contributed by atoms with Crippen molar-refractivity contribution in [3.05, 3.63) is 41.5 Å². The highest BCUT2D eigenvalue weighted by molar-refractivity contribution is 5.91. The first-order valence-electron chi connectivity index (χ1n) is 16.2. The summed E-state index contributed by atoms with van der Waals surface area (Å²) in [6.45, 7) is 13.6. The van der Waals surface area contributed by atoms with Gasteiger partial charge in [-0.05, 0) is 129 Å². The molecule has 0 radical (unpaired) electrons. The zero-order valence-electron chi connectivity index (χ0n) is 26.2. The van der Waals surface area contributed by atoms with Crippen LogP contribution in [0.25, 0.3) is 0 Å². The van der Waals surface area contributed by atoms with Crippen LogP contribution >= 0.6 is 0 Å². The molecule has 0 heterocycles. The first-order valence-corrected chi connectivity index (χ1v) is 16.2. The van der Waals surface area contributed by atoms with E-state index < -0.39 is 5.60 Å². The summed E-state index contributed by atoms with van der Waals surface area (Å²) in [5.41, 5.74) is 2.05. The highest BCUT2D eigenvalue weighted by Crippen LogP contribution is 2.68. The molecule has 0 aliphatic heterocycles. The van der Waals surface area contributed by atoms with Crippen molar-refractivity contribution in [3.63, 3.8) is 0 Å². The van der Waals surface area contributed by atoms with Crippen LogP contribution in [0.5, 0.6) is 5.75 Å². The topological polar surface area (TPSA) is 72.8 Å². The molecule has 1 aromatic rings. The van der Waals surface area contributed by atoms with Crippen molar-refractivity contribution >= 4 is 11.8 Å². The fourth-order valence-electron chi connectivity index (χ4n) is 9.90. The molecule has 0 amide bonds. The first kappa shape index (κ1) is 30.3. The monoisotopic (exact) mass is 564 g/mol. The third kappa shape index (κ3) is 5.65. The molecule has 0 spiro atoms. The summed E-state index contributed by atoms with van der Waals surface area (Å²) in [4.78, 5) is 24.8. The molecule has 0 saturated heterocycles. The summed E-state index contributed by atoms with van der Waals surface area (Å²) in [6, 6.07) is 7.24. The van der Waals surface area contributed by atoms with Crippen LogP contribution in [0.2, 0.25) is 0 Å². The number of benzene rings is 1. The normalized spacial score (nSPS) is 35.1. The summed E-state index contributed by atoms with van der Waals surface area (Å²) in [5, 5.41) is 9.81. The van der Waals surface area contributed by atoms with Crippen LogP contribution in [-0.2, 0) is 25.7 Å². The third-order valence-electron chi connectivity index (χ3n) is 12.1. The molecular weight excluding hydrogens is 512 g/mol. The van der Waals surface area contributed by atoms with E-state index in [2.05, 4.69) is 34.6 Å². The number of hydrogen-bond donors (Lipinski definition) is 1. The molecule has 1 aromatic carbocycles. The van der Waals surface area contributed by atoms with Crippen LogP contribution in [0.1, 0.15) is 111 Å². The quantitative estimate of drug-likeness (QED) is 0.306. The van der Waals surface area contributed by atoms with Crippen LogP contribution in [-0.4, -0.2) is 28.6 Å². The molecular formula is C36H52O5. The van der Waals surface area contributed by atoms with Crippen molar-refractivity contribution in [1.29, 1.82) is 0 Å². The second kappa shape index (κ2) is 11.5. The smallest absolute Gasteiger partial charge is 0.303 e. The van der Waals surface area contributed by atoms with Crippen molar-refractivity contribution in [2.24, 2.45) is 40.4 Å². The molecule has 5 nitrogen and oxygen atoms in total. The van der Waals surface area contributed by atoms with Crippen LogP contribution in [0.3, 0.4) is 0 Å². The van der Waals surface area contributed by atoms with E-state index in [9.17, 15) is 14.7 Å². The minimum absolute atomic E-state index is 0.100. The Labute approximate surface area is 247 Å². The van der Waals surface area contributed by atoms with E-state index in [-0.39, 0.29) is 34.6 Å². The second-order valence-electron chi connectivity index (χ2n) is 14.9. The molecule has 41 heavy (non-hydrogen) atoms. The number of ether oxygens (including phenoxy) is 2. The Balaban J connectivity index is 1.46. The zero-order valence-corrected chi connectivity index (χ0v) is 26.2. The molecule has 0 unspecified atom stereocenters. The van der Waals surface area contributed by atoms with E-state index in [0.717, 1.165) is 44.1 Å². The molecule has 3 fully saturated rings. The van der Waals surface area contributed by atoms with Gasteiger partial charge in [-0.1, -0.05) is 45.4 Å². The Morgan fingerprint density at radius 1 is 1.02 bits per heavy atom. The molecule has 5 heteroatoms. The number of carbonyl (C=O) groups excluding carboxylic acids is 2. The number of aromatic hydroxyl groups is 1. The Hall–Kier alpha value is -2.14. The van der Waals surface area contributed by atoms with Gasteiger partial charge >= 0.3 is 5.97 Å². The average molecular weight is 565 g/mol. The van der Waals surface area contributed by atoms with E-state index in [1.54, 1.807) is 12.1 Å². The van der Waals surface area contributed by atoms with Crippen molar-refractivity contribution < 1.29 is 24.2 Å². The highest BCUT2D eigenvalue weighted by Gasteiger charge is 2.63. The van der Waals surface area contributed by atoms with Crippen molar-refractivity contribution in [2.75, 3.05) is 0 Å². The summed E-state index contributed by atoms with van der Waals surface area (Å²) in [7, 11) is 0. The lowest BCUT2D eigenvalue weighted by Crippen LogP contribution is -2.57. The van der Waals surface area contributed by atoms with Gasteiger partial charge in [0, 0.05) is 13.3 Å². The number of phenolic OH excluding ortho intramolecular Hbond substituents is 1. The maximum absolute atomic E-state index is 12.5. The fraction of sp³-hybridized carbons (Fsp3) is 0.722. The number of phenols is 1. The lowest BCUT2D eigenvalue weighted by atomic mass is 9.46. The van der Waals surface area contributed by atoms with E-state index in [0.29, 0.717) is 42.5 Å². The van der Waals surface area contributed by atoms with Crippen molar-refractivity contribution in [3.8, 4) is 5.75 Å². The van der Waals surface area contributed by atoms with E-state index in [1.165, 1.54) is 31.8 Å². The number of hydrogen-bond acceptors (Lipinski definition) is 5. The Bertz CT molecular complexity index is 1150. The Morgan fingerprint density at radius 2 is 1.76 bits per heavy atom. The van der Waals surface area contributed by atoms with Gasteiger partial charge in [-0.2, -0.15) is 0 Å². The molecule has 3 saturated carbocycles. The number of ketones is 1. The predicted molar refractivity (Wildman–Crippen MR) is 161 cm³/mol. The molecule has 226 valence electrons. The number of rotatable bonds is 9. The first-order chi connectivity index (χ1) is 19.4. The van der Waals surface area contributed by atoms with E-state index >= 15 is 0 Å². The number of carbonyl (C=O) groups is 2. The van der Waals surface area contributed by atoms with Gasteiger partial charge < -0.3 is 14.6 Å². The molecule has 0 aromatic heterocycles. The predicted octanol–water partition coefficient (Wildman–Crippen LogP) is 8.18. The van der Waals surface area contributed by atoms with Gasteiger partial charge in [-0.15, -0.1) is 0 Å². The van der Waals surface area contributed by atoms with E-state index in [4.69, 9.17) is 9.47 Å². The molecule has 4 aliphatic carbocycles. The summed E-state index contributed by atoms with van der Waals surface area (Å²) in [5.74, 6) is 3.01. The largest absolute Gasteiger partial charge is 0.508 e. The van der Waals surface area contributed by atoms with Crippen LogP contribution in [0, 0.1) is 40.4 Å². The number of allylic oxidation sites excluding steroid dienone is 1. The van der Waals surface area contributed by atoms with Gasteiger partial charge in [-0.3, -0.25) is 9.59 Å². The SMILES string of the molecule is CC(=O)O[C@H](CCC(C)C)[C@](C)(OCc1ccc(O)cc1)[C@H]1CC[C@H]2[C@@H]3CCC4=CC(=O)CC[C@]4(C)[C@H]3CC[C@@]21C. The van der Waals surface area contributed by atoms with Gasteiger partial charge in [0.2, 0.25) is 0 Å². The highest BCUT2D eigenvalue weighted by atomic mass is 16.6. The number of fused-ring (bicyclic) bond motifs is 5. The molecule has 0 bridgehead atoms. The standard InChI is InChI=1S/C36H52O5/c1-23(2)7-16-33(41-24(3)37)36(6,40-22-25-8-11-27(38)12-9-25)32-15-14-30-29-13-10-26-21-28(39)17-19-34(26,4)31(29)18-20-35(30,32)5/h8-9,11-12,21,23,29-33,38H,7,10,13-20,22H2,1-6H3/t29-,30-,31-,32-,33+,34-,35-,36+/m0/s1. The van der Waals surface area contributed by atoms with Crippen molar-refractivity contribution in [2.45, 2.75) is 124 Å². The van der Waals surface area contributed by atoms with E-state index in [1.807, 2.05) is 18.2 Å². The summed E-state index contributed by atoms with van der Waals surface area (Å²) in [6.07, 6.45) is 12.0. The van der Waals surface area contributed by atoms with Gasteiger partial charge in [0.05, 0.1) is 6.61 Å². The van der Waals surface area contributed by atoms with Gasteiger partial charge in [0.25, 0.3) is 0 Å². The maximum Gasteiger partial charge on any atom is 0.303 e. The van der Waals surface area contributed by atoms with Gasteiger partial charge in [0.15, 0.2) is 5.78 Å². The minimum Gasteiger partial charge on any atom is -0.508 e. The van der Waals surface area contributed by atoms with Crippen molar-refractivity contribution in [1.82, 2.24) is 0 Å². The third-order valence-corrected chi connectivity index (χ3v) is 12.1. The summed E-state index contributed by atoms with van der Waals surface area (Å²) < 4.78 is 13.2. The second-order valence-corrected chi connectivity index (χ2v) is 14.9. The Kier molecular flexibility index (Phi) is 8.51. The molecule has 5 rings (SSSR count). The van der Waals surface area contributed by atoms with Gasteiger partial charge in [-0.25, -0.2) is 0 Å². The van der Waals surface area contributed by atoms with Crippen LogP contribution in [0.15, 0.2) is 35.9 Å². The average Bonchev–Trinajstić information content (AvgIpc) is 3.28.